The molecule has 35 heavy (non-hydrogen) atoms. The third-order valence-electron chi connectivity index (χ3n) is 4.60. The van der Waals surface area contributed by atoms with Crippen LogP contribution in [0, 0.1) is 0 Å². The number of nitrogens with zero attached hydrogens (tertiary/aromatic N) is 1. The van der Waals surface area contributed by atoms with Crippen LogP contribution in [0.2, 0.25) is 0 Å². The van der Waals surface area contributed by atoms with Crippen LogP contribution in [0.3, 0.4) is 0 Å². The van der Waals surface area contributed by atoms with Gasteiger partial charge < -0.3 is 30.1 Å². The number of thiol groups is 1. The molecule has 0 aliphatic carbocycles. The average molecular weight is 512 g/mol. The molecule has 0 aliphatic heterocycles. The van der Waals surface area contributed by atoms with Crippen molar-refractivity contribution in [2.45, 2.75) is 65.1 Å². The number of phenolic OH excluding ortho intramolecular Hbond substituents is 1. The van der Waals surface area contributed by atoms with E-state index in [-0.39, 0.29) is 37.6 Å². The van der Waals surface area contributed by atoms with Gasteiger partial charge in [0.1, 0.15) is 23.4 Å². The minimum absolute atomic E-state index is 0.00724. The van der Waals surface area contributed by atoms with Gasteiger partial charge in [-0.2, -0.15) is 12.6 Å². The highest BCUT2D eigenvalue weighted by atomic mass is 32.1. The third-order valence-corrected chi connectivity index (χ3v) is 4.96. The van der Waals surface area contributed by atoms with Crippen molar-refractivity contribution >= 4 is 36.5 Å². The van der Waals surface area contributed by atoms with Gasteiger partial charge in [-0.05, 0) is 51.8 Å². The maximum absolute atomic E-state index is 13.5. The molecule has 0 saturated heterocycles. The van der Waals surface area contributed by atoms with Crippen LogP contribution in [0.15, 0.2) is 24.3 Å². The number of carbonyl (C=O) groups excluding carboxylic acids is 4. The second kappa shape index (κ2) is 14.4. The molecule has 2 atom stereocenters. The van der Waals surface area contributed by atoms with Gasteiger partial charge in [-0.15, -0.1) is 0 Å². The highest BCUT2D eigenvalue weighted by Gasteiger charge is 2.35. The Bertz CT molecular complexity index is 873. The first kappa shape index (κ1) is 30.1. The Hall–Kier alpha value is -2.95. The van der Waals surface area contributed by atoms with Crippen molar-refractivity contribution in [2.75, 3.05) is 25.4 Å². The van der Waals surface area contributed by atoms with E-state index in [1.165, 1.54) is 17.0 Å². The zero-order chi connectivity index (χ0) is 26.6. The molecule has 0 spiro atoms. The minimum Gasteiger partial charge on any atom is -0.508 e. The van der Waals surface area contributed by atoms with Crippen LogP contribution in [0.25, 0.3) is 0 Å². The number of carbonyl (C=O) groups is 4. The summed E-state index contributed by atoms with van der Waals surface area (Å²) in [5.74, 6) is -1.65. The largest absolute Gasteiger partial charge is 0.508 e. The van der Waals surface area contributed by atoms with Gasteiger partial charge in [-0.25, -0.2) is 4.79 Å². The van der Waals surface area contributed by atoms with E-state index in [0.29, 0.717) is 12.0 Å². The standard InChI is InChI=1S/C24H37N3O7S/c1-6-13-27(22(31)18(15-35)26-23(32)34-24(3,4)5)20(16-9-8-10-17(28)14-16)21(30)25-12-11-19(29)33-7-2/h8-10,14,18,20,28,35H,6-7,11-13,15H2,1-5H3,(H,25,30)(H,26,32). The molecular formula is C24H37N3O7S. The number of ether oxygens (including phenoxy) is 2. The summed E-state index contributed by atoms with van der Waals surface area (Å²) in [4.78, 5) is 52.1. The van der Waals surface area contributed by atoms with Crippen molar-refractivity contribution in [2.24, 2.45) is 0 Å². The van der Waals surface area contributed by atoms with E-state index in [1.54, 1.807) is 39.8 Å². The fourth-order valence-corrected chi connectivity index (χ4v) is 3.48. The number of esters is 1. The Labute approximate surface area is 212 Å². The fourth-order valence-electron chi connectivity index (χ4n) is 3.23. The zero-order valence-corrected chi connectivity index (χ0v) is 21.9. The Morgan fingerprint density at radius 1 is 1.17 bits per heavy atom. The lowest BCUT2D eigenvalue weighted by molar-refractivity contribution is -0.144. The first-order chi connectivity index (χ1) is 16.4. The highest BCUT2D eigenvalue weighted by molar-refractivity contribution is 7.80. The van der Waals surface area contributed by atoms with Crippen molar-refractivity contribution in [3.63, 3.8) is 0 Å². The first-order valence-corrected chi connectivity index (χ1v) is 12.2. The van der Waals surface area contributed by atoms with E-state index in [4.69, 9.17) is 9.47 Å². The molecule has 0 saturated carbocycles. The van der Waals surface area contributed by atoms with Gasteiger partial charge in [0.2, 0.25) is 11.8 Å². The molecule has 0 aliphatic rings. The van der Waals surface area contributed by atoms with Crippen LogP contribution in [-0.4, -0.2) is 71.0 Å². The second-order valence-corrected chi connectivity index (χ2v) is 9.12. The number of rotatable bonds is 12. The Morgan fingerprint density at radius 3 is 2.40 bits per heavy atom. The lowest BCUT2D eigenvalue weighted by atomic mass is 10.0. The molecule has 2 unspecified atom stereocenters. The SMILES string of the molecule is CCCN(C(=O)C(CS)NC(=O)OC(C)(C)C)C(C(=O)NCCC(=O)OCC)c1cccc(O)c1. The van der Waals surface area contributed by atoms with Crippen LogP contribution >= 0.6 is 12.6 Å². The molecule has 0 fully saturated rings. The van der Waals surface area contributed by atoms with Gasteiger partial charge in [0.25, 0.3) is 0 Å². The number of phenols is 1. The summed E-state index contributed by atoms with van der Waals surface area (Å²) in [6.45, 7) is 9.05. The summed E-state index contributed by atoms with van der Waals surface area (Å²) in [6.07, 6.45) is -0.301. The Morgan fingerprint density at radius 2 is 1.86 bits per heavy atom. The van der Waals surface area contributed by atoms with Crippen molar-refractivity contribution in [1.29, 1.82) is 0 Å². The summed E-state index contributed by atoms with van der Waals surface area (Å²) in [5, 5.41) is 15.2. The van der Waals surface area contributed by atoms with Crippen LogP contribution < -0.4 is 10.6 Å². The highest BCUT2D eigenvalue weighted by Crippen LogP contribution is 2.26. The maximum atomic E-state index is 13.5. The third kappa shape index (κ3) is 10.5. The smallest absolute Gasteiger partial charge is 0.408 e. The maximum Gasteiger partial charge on any atom is 0.408 e. The molecule has 11 heteroatoms. The molecule has 1 rings (SSSR count). The van der Waals surface area contributed by atoms with Gasteiger partial charge in [0.15, 0.2) is 0 Å². The van der Waals surface area contributed by atoms with Crippen molar-refractivity contribution in [3.05, 3.63) is 29.8 Å². The van der Waals surface area contributed by atoms with Crippen molar-refractivity contribution < 1.29 is 33.8 Å². The molecule has 0 radical (unpaired) electrons. The van der Waals surface area contributed by atoms with Gasteiger partial charge in [0.05, 0.1) is 13.0 Å². The molecule has 3 N–H and O–H groups in total. The van der Waals surface area contributed by atoms with Crippen LogP contribution in [-0.2, 0) is 23.9 Å². The number of nitrogens with one attached hydrogen (secondary N) is 2. The fraction of sp³-hybridized carbons (Fsp3) is 0.583. The van der Waals surface area contributed by atoms with E-state index in [0.717, 1.165) is 0 Å². The number of hydrogen-bond acceptors (Lipinski definition) is 8. The Balaban J connectivity index is 3.23. The summed E-state index contributed by atoms with van der Waals surface area (Å²) in [5.41, 5.74) is -0.393. The first-order valence-electron chi connectivity index (χ1n) is 11.6. The number of hydrogen-bond donors (Lipinski definition) is 4. The summed E-state index contributed by atoms with van der Waals surface area (Å²) < 4.78 is 10.1. The van der Waals surface area contributed by atoms with Crippen LogP contribution in [0.1, 0.15) is 59.1 Å². The molecule has 196 valence electrons. The summed E-state index contributed by atoms with van der Waals surface area (Å²) in [6, 6.07) is 3.83. The topological polar surface area (TPSA) is 134 Å². The number of alkyl carbamates (subject to hydrolysis) is 1. The lowest BCUT2D eigenvalue weighted by Gasteiger charge is -2.34. The molecule has 0 bridgehead atoms. The molecule has 10 nitrogen and oxygen atoms in total. The van der Waals surface area contributed by atoms with Crippen molar-refractivity contribution in [1.82, 2.24) is 15.5 Å². The minimum atomic E-state index is -1.13. The second-order valence-electron chi connectivity index (χ2n) is 8.76. The van der Waals surface area contributed by atoms with Gasteiger partial charge in [0, 0.05) is 18.8 Å². The average Bonchev–Trinajstić information content (AvgIpc) is 2.75. The number of amides is 3. The van der Waals surface area contributed by atoms with Crippen molar-refractivity contribution in [3.8, 4) is 5.75 Å². The summed E-state index contributed by atoms with van der Waals surface area (Å²) >= 11 is 4.22. The molecule has 0 heterocycles. The molecule has 0 aromatic heterocycles. The van der Waals surface area contributed by atoms with E-state index in [9.17, 15) is 24.3 Å². The molecule has 1 aromatic carbocycles. The number of benzene rings is 1. The molecule has 3 amide bonds. The molecular weight excluding hydrogens is 474 g/mol. The van der Waals surface area contributed by atoms with Gasteiger partial charge in [-0.3, -0.25) is 14.4 Å². The lowest BCUT2D eigenvalue weighted by Crippen LogP contribution is -2.54. The predicted octanol–water partition coefficient (Wildman–Crippen LogP) is 2.56. The number of aromatic hydroxyl groups is 1. The van der Waals surface area contributed by atoms with Gasteiger partial charge >= 0.3 is 12.1 Å². The quantitative estimate of drug-likeness (QED) is 0.250. The Kier molecular flexibility index (Phi) is 12.4. The van der Waals surface area contributed by atoms with E-state index >= 15 is 0 Å². The van der Waals surface area contributed by atoms with E-state index in [2.05, 4.69) is 23.3 Å². The van der Waals surface area contributed by atoms with Gasteiger partial charge in [-0.1, -0.05) is 19.1 Å². The predicted molar refractivity (Wildman–Crippen MR) is 134 cm³/mol. The van der Waals surface area contributed by atoms with Crippen LogP contribution in [0.4, 0.5) is 4.79 Å². The zero-order valence-electron chi connectivity index (χ0n) is 21.0. The van der Waals surface area contributed by atoms with E-state index < -0.39 is 41.6 Å². The summed E-state index contributed by atoms with van der Waals surface area (Å²) in [7, 11) is 0. The van der Waals surface area contributed by atoms with Crippen LogP contribution in [0.5, 0.6) is 5.75 Å². The normalized spacial score (nSPS) is 12.7. The molecule has 1 aromatic rings. The monoisotopic (exact) mass is 511 g/mol. The van der Waals surface area contributed by atoms with E-state index in [1.807, 2.05) is 6.92 Å².